The molecule has 1 unspecified atom stereocenters. The zero-order valence-corrected chi connectivity index (χ0v) is 13.8. The average Bonchev–Trinajstić information content (AvgIpc) is 2.50. The Morgan fingerprint density at radius 2 is 1.76 bits per heavy atom. The molecule has 2 aromatic rings. The molecule has 21 heavy (non-hydrogen) atoms. The first-order valence-corrected chi connectivity index (χ1v) is 8.37. The van der Waals surface area contributed by atoms with Gasteiger partial charge in [-0.25, -0.2) is 0 Å². The summed E-state index contributed by atoms with van der Waals surface area (Å²) >= 11 is 1.86. The average molecular weight is 300 g/mol. The van der Waals surface area contributed by atoms with Gasteiger partial charge in [-0.1, -0.05) is 37.3 Å². The van der Waals surface area contributed by atoms with Crippen LogP contribution >= 0.6 is 11.8 Å². The van der Waals surface area contributed by atoms with Crippen LogP contribution in [0.4, 0.5) is 0 Å². The van der Waals surface area contributed by atoms with E-state index in [1.807, 2.05) is 11.8 Å². The van der Waals surface area contributed by atoms with Crippen LogP contribution in [0.5, 0.6) is 0 Å². The van der Waals surface area contributed by atoms with Crippen LogP contribution in [-0.4, -0.2) is 5.75 Å². The number of hydrogen-bond acceptors (Lipinski definition) is 3. The van der Waals surface area contributed by atoms with Crippen molar-refractivity contribution in [3.63, 3.8) is 0 Å². The van der Waals surface area contributed by atoms with E-state index >= 15 is 0 Å². The second-order valence-corrected chi connectivity index (χ2v) is 6.68. The fraction of sp³-hybridized carbons (Fsp3) is 0.333. The van der Waals surface area contributed by atoms with Gasteiger partial charge < -0.3 is 0 Å². The SMILES string of the molecule is CCSc1ccc(C(Cc2ccc(C)c(C)c2)NN)cc1. The molecule has 0 radical (unpaired) electrons. The molecule has 2 aromatic carbocycles. The van der Waals surface area contributed by atoms with Crippen LogP contribution in [0.15, 0.2) is 47.4 Å². The van der Waals surface area contributed by atoms with E-state index < -0.39 is 0 Å². The monoisotopic (exact) mass is 300 g/mol. The summed E-state index contributed by atoms with van der Waals surface area (Å²) in [5.74, 6) is 6.86. The van der Waals surface area contributed by atoms with Crippen molar-refractivity contribution in [1.29, 1.82) is 0 Å². The molecular formula is C18H24N2S. The van der Waals surface area contributed by atoms with E-state index in [-0.39, 0.29) is 6.04 Å². The highest BCUT2D eigenvalue weighted by molar-refractivity contribution is 7.99. The van der Waals surface area contributed by atoms with Gasteiger partial charge in [0, 0.05) is 10.9 Å². The number of aryl methyl sites for hydroxylation is 2. The van der Waals surface area contributed by atoms with Crippen molar-refractivity contribution in [2.45, 2.75) is 38.1 Å². The Kier molecular flexibility index (Phi) is 5.85. The fourth-order valence-electron chi connectivity index (χ4n) is 2.40. The van der Waals surface area contributed by atoms with Crippen LogP contribution in [0.25, 0.3) is 0 Å². The quantitative estimate of drug-likeness (QED) is 0.478. The summed E-state index contributed by atoms with van der Waals surface area (Å²) in [6.07, 6.45) is 0.901. The van der Waals surface area contributed by atoms with Crippen LogP contribution in [0.3, 0.4) is 0 Å². The molecule has 0 saturated heterocycles. The largest absolute Gasteiger partial charge is 0.271 e. The predicted octanol–water partition coefficient (Wildman–Crippen LogP) is 4.16. The Labute approximate surface area is 132 Å². The third-order valence-electron chi connectivity index (χ3n) is 3.81. The molecule has 0 aliphatic rings. The minimum atomic E-state index is 0.146. The van der Waals surface area contributed by atoms with Gasteiger partial charge in [-0.2, -0.15) is 0 Å². The smallest absolute Gasteiger partial charge is 0.0500 e. The van der Waals surface area contributed by atoms with Gasteiger partial charge in [0.15, 0.2) is 0 Å². The first kappa shape index (κ1) is 16.1. The molecule has 3 N–H and O–H groups in total. The van der Waals surface area contributed by atoms with Crippen molar-refractivity contribution in [3.8, 4) is 0 Å². The number of benzene rings is 2. The highest BCUT2D eigenvalue weighted by Crippen LogP contribution is 2.23. The molecule has 0 aliphatic carbocycles. The lowest BCUT2D eigenvalue weighted by Gasteiger charge is -2.17. The number of rotatable bonds is 6. The highest BCUT2D eigenvalue weighted by atomic mass is 32.2. The maximum atomic E-state index is 5.76. The topological polar surface area (TPSA) is 38.0 Å². The van der Waals surface area contributed by atoms with E-state index in [4.69, 9.17) is 5.84 Å². The molecule has 0 saturated carbocycles. The lowest BCUT2D eigenvalue weighted by molar-refractivity contribution is 0.551. The standard InChI is InChI=1S/C18H24N2S/c1-4-21-17-9-7-16(8-10-17)18(20-19)12-15-6-5-13(2)14(3)11-15/h5-11,18,20H,4,12,19H2,1-3H3. The summed E-state index contributed by atoms with van der Waals surface area (Å²) in [5.41, 5.74) is 8.15. The molecule has 0 heterocycles. The van der Waals surface area contributed by atoms with Crippen molar-refractivity contribution in [2.24, 2.45) is 5.84 Å². The molecule has 0 amide bonds. The molecule has 0 spiro atoms. The second kappa shape index (κ2) is 7.64. The number of thioether (sulfide) groups is 1. The number of hydrazine groups is 1. The minimum Gasteiger partial charge on any atom is -0.271 e. The Morgan fingerprint density at radius 1 is 1.05 bits per heavy atom. The zero-order valence-electron chi connectivity index (χ0n) is 13.0. The van der Waals surface area contributed by atoms with E-state index in [9.17, 15) is 0 Å². The Bertz CT molecular complexity index is 578. The van der Waals surface area contributed by atoms with Crippen LogP contribution in [0.2, 0.25) is 0 Å². The summed E-state index contributed by atoms with van der Waals surface area (Å²) in [5, 5.41) is 0. The lowest BCUT2D eigenvalue weighted by Crippen LogP contribution is -2.29. The maximum Gasteiger partial charge on any atom is 0.0500 e. The molecule has 2 nitrogen and oxygen atoms in total. The van der Waals surface area contributed by atoms with Crippen LogP contribution in [0.1, 0.15) is 35.2 Å². The van der Waals surface area contributed by atoms with Crippen LogP contribution in [-0.2, 0) is 6.42 Å². The van der Waals surface area contributed by atoms with E-state index in [1.165, 1.54) is 27.1 Å². The molecule has 3 heteroatoms. The van der Waals surface area contributed by atoms with Crippen LogP contribution in [0, 0.1) is 13.8 Å². The summed E-state index contributed by atoms with van der Waals surface area (Å²) in [7, 11) is 0. The van der Waals surface area contributed by atoms with Gasteiger partial charge in [0.1, 0.15) is 0 Å². The lowest BCUT2D eigenvalue weighted by atomic mass is 9.97. The molecule has 2 rings (SSSR count). The molecule has 1 atom stereocenters. The first-order valence-electron chi connectivity index (χ1n) is 7.39. The third-order valence-corrected chi connectivity index (χ3v) is 4.70. The molecule has 0 fully saturated rings. The van der Waals surface area contributed by atoms with Crippen molar-refractivity contribution >= 4 is 11.8 Å². The summed E-state index contributed by atoms with van der Waals surface area (Å²) < 4.78 is 0. The van der Waals surface area contributed by atoms with Gasteiger partial charge in [0.25, 0.3) is 0 Å². The van der Waals surface area contributed by atoms with Crippen LogP contribution < -0.4 is 11.3 Å². The first-order chi connectivity index (χ1) is 10.1. The molecular weight excluding hydrogens is 276 g/mol. The zero-order chi connectivity index (χ0) is 15.2. The summed E-state index contributed by atoms with van der Waals surface area (Å²) in [6, 6.07) is 15.5. The third kappa shape index (κ3) is 4.34. The Morgan fingerprint density at radius 3 is 2.33 bits per heavy atom. The molecule has 0 aliphatic heterocycles. The van der Waals surface area contributed by atoms with Crippen molar-refractivity contribution in [2.75, 3.05) is 5.75 Å². The number of hydrogen-bond donors (Lipinski definition) is 2. The van der Waals surface area contributed by atoms with Gasteiger partial charge in [-0.05, 0) is 60.4 Å². The van der Waals surface area contributed by atoms with Gasteiger partial charge in [0.2, 0.25) is 0 Å². The van der Waals surface area contributed by atoms with Gasteiger partial charge in [-0.15, -0.1) is 11.8 Å². The fourth-order valence-corrected chi connectivity index (χ4v) is 3.06. The van der Waals surface area contributed by atoms with E-state index in [0.29, 0.717) is 0 Å². The normalized spacial score (nSPS) is 12.4. The number of nitrogens with two attached hydrogens (primary N) is 1. The highest BCUT2D eigenvalue weighted by Gasteiger charge is 2.11. The van der Waals surface area contributed by atoms with E-state index in [0.717, 1.165) is 12.2 Å². The Hall–Kier alpha value is -1.29. The van der Waals surface area contributed by atoms with E-state index in [2.05, 4.69) is 68.7 Å². The number of nitrogens with one attached hydrogen (secondary N) is 1. The van der Waals surface area contributed by atoms with Gasteiger partial charge in [-0.3, -0.25) is 11.3 Å². The van der Waals surface area contributed by atoms with Gasteiger partial charge >= 0.3 is 0 Å². The molecule has 0 bridgehead atoms. The molecule has 0 aromatic heterocycles. The van der Waals surface area contributed by atoms with Gasteiger partial charge in [0.05, 0.1) is 0 Å². The predicted molar refractivity (Wildman–Crippen MR) is 92.5 cm³/mol. The Balaban J connectivity index is 2.13. The van der Waals surface area contributed by atoms with Crippen molar-refractivity contribution in [1.82, 2.24) is 5.43 Å². The van der Waals surface area contributed by atoms with Crippen molar-refractivity contribution in [3.05, 3.63) is 64.7 Å². The summed E-state index contributed by atoms with van der Waals surface area (Å²) in [4.78, 5) is 1.31. The van der Waals surface area contributed by atoms with Crippen molar-refractivity contribution < 1.29 is 0 Å². The summed E-state index contributed by atoms with van der Waals surface area (Å²) in [6.45, 7) is 6.46. The minimum absolute atomic E-state index is 0.146. The second-order valence-electron chi connectivity index (χ2n) is 5.34. The van der Waals surface area contributed by atoms with E-state index in [1.54, 1.807) is 0 Å². The molecule has 112 valence electrons. The maximum absolute atomic E-state index is 5.76.